The first-order valence-corrected chi connectivity index (χ1v) is 9.46. The maximum absolute atomic E-state index is 15.2. The number of nitrogens with one attached hydrogen (secondary N) is 1. The van der Waals surface area contributed by atoms with E-state index in [1.807, 2.05) is 6.92 Å². The summed E-state index contributed by atoms with van der Waals surface area (Å²) in [4.78, 5) is 31.2. The molecule has 3 fully saturated rings. The van der Waals surface area contributed by atoms with Gasteiger partial charge in [0.15, 0.2) is 0 Å². The number of hydrogen-bond donors (Lipinski definition) is 2. The molecule has 27 heavy (non-hydrogen) atoms. The van der Waals surface area contributed by atoms with Crippen molar-refractivity contribution in [3.63, 3.8) is 0 Å². The summed E-state index contributed by atoms with van der Waals surface area (Å²) in [6, 6.07) is 1.60. The SMILES string of the molecule is CCc1c(N2CC3CCC(C2)N(C)C3)c(F)cc2c(=O)c(C(=O)O)c[nH]c12. The summed E-state index contributed by atoms with van der Waals surface area (Å²) in [5.41, 5.74) is 0.811. The number of halogens is 1. The van der Waals surface area contributed by atoms with Gasteiger partial charge >= 0.3 is 5.97 Å². The number of aryl methyl sites for hydroxylation is 1. The zero-order valence-electron chi connectivity index (χ0n) is 15.6. The first kappa shape index (κ1) is 18.0. The normalized spacial score (nSPS) is 23.0. The molecule has 1 aromatic heterocycles. The third kappa shape index (κ3) is 2.90. The van der Waals surface area contributed by atoms with Gasteiger partial charge < -0.3 is 19.9 Å². The number of fused-ring (bicyclic) bond motifs is 5. The molecule has 0 amide bonds. The lowest BCUT2D eigenvalue weighted by Crippen LogP contribution is -2.41. The van der Waals surface area contributed by atoms with Crippen LogP contribution in [0.4, 0.5) is 10.1 Å². The van der Waals surface area contributed by atoms with E-state index in [0.29, 0.717) is 29.6 Å². The monoisotopic (exact) mass is 373 g/mol. The Hall–Kier alpha value is -2.41. The number of hydrogen-bond acceptors (Lipinski definition) is 4. The van der Waals surface area contributed by atoms with Crippen LogP contribution in [0.2, 0.25) is 0 Å². The van der Waals surface area contributed by atoms with Crippen LogP contribution in [0.5, 0.6) is 0 Å². The third-order valence-corrected chi connectivity index (χ3v) is 6.09. The van der Waals surface area contributed by atoms with Crippen molar-refractivity contribution >= 4 is 22.6 Å². The summed E-state index contributed by atoms with van der Waals surface area (Å²) in [5, 5.41) is 9.27. The van der Waals surface area contributed by atoms with Crippen LogP contribution in [0, 0.1) is 11.7 Å². The number of aromatic carboxylic acids is 1. The summed E-state index contributed by atoms with van der Waals surface area (Å²) in [5.74, 6) is -1.26. The average molecular weight is 373 g/mol. The number of nitrogens with zero attached hydrogens (tertiary/aromatic N) is 2. The Balaban J connectivity index is 1.89. The second-order valence-corrected chi connectivity index (χ2v) is 7.74. The van der Waals surface area contributed by atoms with E-state index >= 15 is 4.39 Å². The highest BCUT2D eigenvalue weighted by Gasteiger charge is 2.34. The van der Waals surface area contributed by atoms with Gasteiger partial charge in [-0.2, -0.15) is 0 Å². The van der Waals surface area contributed by atoms with Crippen LogP contribution in [0.25, 0.3) is 10.9 Å². The van der Waals surface area contributed by atoms with Gasteiger partial charge in [-0.1, -0.05) is 6.92 Å². The van der Waals surface area contributed by atoms with E-state index in [0.717, 1.165) is 38.0 Å². The second kappa shape index (κ2) is 6.64. The van der Waals surface area contributed by atoms with Crippen molar-refractivity contribution in [2.24, 2.45) is 5.92 Å². The number of H-pyrrole nitrogens is 1. The van der Waals surface area contributed by atoms with Crippen LogP contribution < -0.4 is 10.3 Å². The largest absolute Gasteiger partial charge is 0.477 e. The predicted molar refractivity (Wildman–Crippen MR) is 102 cm³/mol. The quantitative estimate of drug-likeness (QED) is 0.864. The van der Waals surface area contributed by atoms with Gasteiger partial charge in [-0.15, -0.1) is 0 Å². The molecule has 2 bridgehead atoms. The molecular weight excluding hydrogens is 349 g/mol. The van der Waals surface area contributed by atoms with Gasteiger partial charge in [0.25, 0.3) is 0 Å². The number of aromatic amines is 1. The minimum Gasteiger partial charge on any atom is -0.477 e. The van der Waals surface area contributed by atoms with Gasteiger partial charge in [0.05, 0.1) is 11.2 Å². The predicted octanol–water partition coefficient (Wildman–Crippen LogP) is 2.46. The molecule has 3 aliphatic heterocycles. The molecule has 4 heterocycles. The zero-order chi connectivity index (χ0) is 19.3. The van der Waals surface area contributed by atoms with Crippen molar-refractivity contribution in [1.29, 1.82) is 0 Å². The lowest BCUT2D eigenvalue weighted by atomic mass is 9.96. The summed E-state index contributed by atoms with van der Waals surface area (Å²) in [7, 11) is 2.13. The van der Waals surface area contributed by atoms with Crippen molar-refractivity contribution in [3.8, 4) is 0 Å². The van der Waals surface area contributed by atoms with Gasteiger partial charge in [-0.3, -0.25) is 4.79 Å². The molecule has 2 aromatic rings. The first-order valence-electron chi connectivity index (χ1n) is 9.46. The minimum atomic E-state index is -1.31. The van der Waals surface area contributed by atoms with E-state index in [1.165, 1.54) is 12.3 Å². The van der Waals surface area contributed by atoms with Gasteiger partial charge in [0, 0.05) is 42.8 Å². The van der Waals surface area contributed by atoms with Crippen molar-refractivity contribution in [2.45, 2.75) is 32.2 Å². The van der Waals surface area contributed by atoms with E-state index in [-0.39, 0.29) is 10.9 Å². The Morgan fingerprint density at radius 1 is 1.33 bits per heavy atom. The number of carbonyl (C=O) groups is 1. The molecule has 0 radical (unpaired) electrons. The van der Waals surface area contributed by atoms with Crippen LogP contribution in [-0.4, -0.2) is 53.7 Å². The molecule has 2 unspecified atom stereocenters. The van der Waals surface area contributed by atoms with E-state index in [1.54, 1.807) is 0 Å². The molecule has 144 valence electrons. The lowest BCUT2D eigenvalue weighted by molar-refractivity contribution is 0.0695. The van der Waals surface area contributed by atoms with Gasteiger partial charge in [0.2, 0.25) is 5.43 Å². The Bertz CT molecular complexity index is 971. The number of carboxylic acid groups (broad SMARTS) is 1. The molecule has 7 heteroatoms. The molecule has 6 nitrogen and oxygen atoms in total. The molecule has 3 saturated heterocycles. The molecule has 2 N–H and O–H groups in total. The van der Waals surface area contributed by atoms with Crippen LogP contribution in [-0.2, 0) is 6.42 Å². The highest BCUT2D eigenvalue weighted by Crippen LogP contribution is 2.35. The second-order valence-electron chi connectivity index (χ2n) is 7.74. The minimum absolute atomic E-state index is 0.0999. The Morgan fingerprint density at radius 2 is 2.11 bits per heavy atom. The fraction of sp³-hybridized carbons (Fsp3) is 0.500. The molecule has 0 saturated carbocycles. The number of pyridine rings is 1. The van der Waals surface area contributed by atoms with Crippen molar-refractivity contribution in [3.05, 3.63) is 39.4 Å². The number of piperidine rings is 1. The summed E-state index contributed by atoms with van der Waals surface area (Å²) in [6.45, 7) is 4.52. The molecule has 0 spiro atoms. The number of likely N-dealkylation sites (N-methyl/N-ethyl adjacent to an activating group) is 1. The summed E-state index contributed by atoms with van der Waals surface area (Å²) >= 11 is 0. The Kier molecular flexibility index (Phi) is 4.42. The topological polar surface area (TPSA) is 76.6 Å². The van der Waals surface area contributed by atoms with Gasteiger partial charge in [-0.05, 0) is 38.3 Å². The Labute approximate surface area is 156 Å². The molecular formula is C20H24FN3O3. The van der Waals surface area contributed by atoms with Gasteiger partial charge in [-0.25, -0.2) is 9.18 Å². The molecule has 2 atom stereocenters. The Morgan fingerprint density at radius 3 is 2.78 bits per heavy atom. The molecule has 1 aromatic carbocycles. The number of rotatable bonds is 3. The fourth-order valence-electron chi connectivity index (χ4n) is 4.74. The number of aromatic nitrogens is 1. The maximum Gasteiger partial charge on any atom is 0.341 e. The van der Waals surface area contributed by atoms with Crippen molar-refractivity contribution in [1.82, 2.24) is 9.88 Å². The molecule has 0 aliphatic carbocycles. The standard InChI is InChI=1S/C20H24FN3O3/c1-3-13-17-14(19(25)15(7-22-17)20(26)27)6-16(21)18(13)24-9-11-4-5-12(10-24)23(2)8-11/h6-7,11-12H,3-5,8-10H2,1-2H3,(H,22,25)(H,26,27). The smallest absolute Gasteiger partial charge is 0.341 e. The third-order valence-electron chi connectivity index (χ3n) is 6.09. The number of carboxylic acids is 1. The van der Waals surface area contributed by atoms with Crippen molar-refractivity contribution in [2.75, 3.05) is 31.6 Å². The fourth-order valence-corrected chi connectivity index (χ4v) is 4.74. The van der Waals surface area contributed by atoms with Crippen LogP contribution in [0.15, 0.2) is 17.1 Å². The van der Waals surface area contributed by atoms with E-state index in [9.17, 15) is 14.7 Å². The average Bonchev–Trinajstić information content (AvgIpc) is 2.92. The number of anilines is 1. The van der Waals surface area contributed by atoms with Crippen LogP contribution in [0.3, 0.4) is 0 Å². The van der Waals surface area contributed by atoms with Crippen molar-refractivity contribution < 1.29 is 14.3 Å². The summed E-state index contributed by atoms with van der Waals surface area (Å²) < 4.78 is 15.2. The molecule has 3 aliphatic rings. The number of benzene rings is 1. The van der Waals surface area contributed by atoms with Gasteiger partial charge in [0.1, 0.15) is 11.4 Å². The molecule has 5 rings (SSSR count). The lowest BCUT2D eigenvalue weighted by Gasteiger charge is -2.32. The van der Waals surface area contributed by atoms with Crippen LogP contribution >= 0.6 is 0 Å². The summed E-state index contributed by atoms with van der Waals surface area (Å²) in [6.07, 6.45) is 4.04. The maximum atomic E-state index is 15.2. The zero-order valence-corrected chi connectivity index (χ0v) is 15.6. The highest BCUT2D eigenvalue weighted by atomic mass is 19.1. The highest BCUT2D eigenvalue weighted by molar-refractivity contribution is 5.94. The first-order chi connectivity index (χ1) is 12.9. The van der Waals surface area contributed by atoms with Crippen LogP contribution in [0.1, 0.15) is 35.7 Å². The van der Waals surface area contributed by atoms with E-state index in [2.05, 4.69) is 21.8 Å². The van der Waals surface area contributed by atoms with E-state index in [4.69, 9.17) is 0 Å². The van der Waals surface area contributed by atoms with E-state index < -0.39 is 17.2 Å².